The Morgan fingerprint density at radius 2 is 1.44 bits per heavy atom. The van der Waals surface area contributed by atoms with Crippen molar-refractivity contribution in [2.75, 3.05) is 19.8 Å². The Hall–Kier alpha value is -2.74. The molecule has 2 aromatic rings. The van der Waals surface area contributed by atoms with Crippen LogP contribution in [0.5, 0.6) is 5.75 Å². The van der Waals surface area contributed by atoms with Crippen molar-refractivity contribution >= 4 is 11.8 Å². The molecule has 7 nitrogen and oxygen atoms in total. The van der Waals surface area contributed by atoms with E-state index in [2.05, 4.69) is 32.6 Å². The highest BCUT2D eigenvalue weighted by atomic mass is 16.5. The van der Waals surface area contributed by atoms with Gasteiger partial charge >= 0.3 is 5.97 Å². The highest BCUT2D eigenvalue weighted by molar-refractivity contribution is 5.89. The summed E-state index contributed by atoms with van der Waals surface area (Å²) in [6, 6.07) is 12.6. The Bertz CT molecular complexity index is 1220. The monoisotopic (exact) mass is 595 g/mol. The molecule has 1 atom stereocenters. The quantitative estimate of drug-likeness (QED) is 0.228. The third-order valence-corrected chi connectivity index (χ3v) is 8.48. The smallest absolute Gasteiger partial charge is 0.338 e. The first-order valence-corrected chi connectivity index (χ1v) is 15.4. The van der Waals surface area contributed by atoms with Gasteiger partial charge in [-0.3, -0.25) is 9.69 Å². The number of phenolic OH excluding ortho intramolecular Hbond substituents is 1. The molecule has 1 aliphatic heterocycles. The average Bonchev–Trinajstić information content (AvgIpc) is 2.87. The van der Waals surface area contributed by atoms with Crippen molar-refractivity contribution in [3.8, 4) is 5.75 Å². The van der Waals surface area contributed by atoms with E-state index in [4.69, 9.17) is 9.47 Å². The zero-order valence-corrected chi connectivity index (χ0v) is 27.9. The van der Waals surface area contributed by atoms with Gasteiger partial charge in [-0.1, -0.05) is 59.7 Å². The topological polar surface area (TPSA) is 96.3 Å². The molecule has 3 rings (SSSR count). The van der Waals surface area contributed by atoms with Gasteiger partial charge < -0.3 is 19.7 Å². The predicted octanol–water partition coefficient (Wildman–Crippen LogP) is 6.88. The molecule has 0 aromatic heterocycles. The van der Waals surface area contributed by atoms with E-state index in [9.17, 15) is 19.8 Å². The standard InChI is InChI=1S/C36H53NO6/c1-33(2,3)27-19-25(20-28(31(27)40)34(4,5)6)30(39)29(38)23-42-18-14-17-37-35(7,8)21-26(22-36(37,9)10)43-32(41)24-15-12-11-13-16-24/h11-13,15-16,19-20,26,30,39-40H,14,17-18,21-23H2,1-10H3. The van der Waals surface area contributed by atoms with Gasteiger partial charge in [0.15, 0.2) is 5.78 Å². The summed E-state index contributed by atoms with van der Waals surface area (Å²) < 4.78 is 11.7. The molecule has 43 heavy (non-hydrogen) atoms. The van der Waals surface area contributed by atoms with Crippen molar-refractivity contribution in [3.05, 3.63) is 64.7 Å². The van der Waals surface area contributed by atoms with E-state index in [1.54, 1.807) is 24.3 Å². The van der Waals surface area contributed by atoms with E-state index < -0.39 is 11.9 Å². The number of piperidine rings is 1. The molecule has 238 valence electrons. The van der Waals surface area contributed by atoms with E-state index in [1.807, 2.05) is 59.7 Å². The van der Waals surface area contributed by atoms with Crippen LogP contribution in [-0.2, 0) is 25.1 Å². The highest BCUT2D eigenvalue weighted by Crippen LogP contribution is 2.42. The number of Topliss-reactive ketones (excluding diaryl/α,β-unsaturated/α-hetero) is 1. The Morgan fingerprint density at radius 3 is 1.93 bits per heavy atom. The number of esters is 1. The van der Waals surface area contributed by atoms with Gasteiger partial charge in [-0.2, -0.15) is 0 Å². The first kappa shape index (κ1) is 34.7. The van der Waals surface area contributed by atoms with E-state index in [-0.39, 0.29) is 46.3 Å². The Kier molecular flexibility index (Phi) is 10.6. The number of aliphatic hydroxyl groups excluding tert-OH is 1. The fourth-order valence-corrected chi connectivity index (χ4v) is 6.43. The van der Waals surface area contributed by atoms with Gasteiger partial charge in [-0.25, -0.2) is 4.79 Å². The van der Waals surface area contributed by atoms with Crippen molar-refractivity contribution in [2.24, 2.45) is 0 Å². The lowest BCUT2D eigenvalue weighted by molar-refractivity contribution is -0.132. The largest absolute Gasteiger partial charge is 0.507 e. The van der Waals surface area contributed by atoms with Gasteiger partial charge in [0.05, 0.1) is 5.56 Å². The number of hydrogen-bond donors (Lipinski definition) is 2. The highest BCUT2D eigenvalue weighted by Gasteiger charge is 2.46. The van der Waals surface area contributed by atoms with Crippen LogP contribution in [0, 0.1) is 0 Å². The van der Waals surface area contributed by atoms with Gasteiger partial charge in [0.25, 0.3) is 0 Å². The minimum Gasteiger partial charge on any atom is -0.507 e. The Balaban J connectivity index is 1.56. The zero-order chi connectivity index (χ0) is 32.4. The molecule has 1 aliphatic rings. The summed E-state index contributed by atoms with van der Waals surface area (Å²) >= 11 is 0. The molecule has 7 heteroatoms. The molecule has 0 saturated carbocycles. The van der Waals surface area contributed by atoms with Crippen LogP contribution in [0.25, 0.3) is 0 Å². The number of likely N-dealkylation sites (tertiary alicyclic amines) is 1. The molecule has 0 aliphatic carbocycles. The summed E-state index contributed by atoms with van der Waals surface area (Å²) in [4.78, 5) is 28.1. The Morgan fingerprint density at radius 1 is 0.930 bits per heavy atom. The number of phenols is 1. The molecule has 2 N–H and O–H groups in total. The second-order valence-electron chi connectivity index (χ2n) is 15.3. The number of nitrogens with zero attached hydrogens (tertiary/aromatic N) is 1. The number of carbonyl (C=O) groups excluding carboxylic acids is 2. The number of aromatic hydroxyl groups is 1. The summed E-state index contributed by atoms with van der Waals surface area (Å²) in [5.74, 6) is -0.488. The Labute approximate surface area is 258 Å². The SMILES string of the molecule is CC(C)(C)c1cc(C(O)C(=O)COCCCN2C(C)(C)CC(OC(=O)c3ccccc3)CC2(C)C)cc(C(C)(C)C)c1O. The number of rotatable bonds is 10. The second kappa shape index (κ2) is 13.1. The van der Waals surface area contributed by atoms with E-state index >= 15 is 0 Å². The van der Waals surface area contributed by atoms with E-state index in [0.717, 1.165) is 19.4 Å². The van der Waals surface area contributed by atoms with Crippen molar-refractivity contribution in [3.63, 3.8) is 0 Å². The van der Waals surface area contributed by atoms with Crippen molar-refractivity contribution in [1.29, 1.82) is 0 Å². The lowest BCUT2D eigenvalue weighted by Crippen LogP contribution is -2.62. The van der Waals surface area contributed by atoms with E-state index in [1.165, 1.54) is 0 Å². The van der Waals surface area contributed by atoms with Crippen LogP contribution in [0.4, 0.5) is 0 Å². The zero-order valence-electron chi connectivity index (χ0n) is 27.9. The van der Waals surface area contributed by atoms with E-state index in [0.29, 0.717) is 35.3 Å². The third kappa shape index (κ3) is 8.68. The molecule has 0 spiro atoms. The van der Waals surface area contributed by atoms with Gasteiger partial charge in [-0.15, -0.1) is 0 Å². The van der Waals surface area contributed by atoms with Crippen LogP contribution in [0.3, 0.4) is 0 Å². The molecule has 1 saturated heterocycles. The molecule has 0 amide bonds. The van der Waals surface area contributed by atoms with Crippen LogP contribution < -0.4 is 0 Å². The van der Waals surface area contributed by atoms with Gasteiger partial charge in [-0.05, 0) is 85.9 Å². The summed E-state index contributed by atoms with van der Waals surface area (Å²) in [6.07, 6.45) is 0.646. The van der Waals surface area contributed by atoms with Crippen LogP contribution in [0.2, 0.25) is 0 Å². The van der Waals surface area contributed by atoms with Gasteiger partial charge in [0.2, 0.25) is 0 Å². The summed E-state index contributed by atoms with van der Waals surface area (Å²) in [5, 5.41) is 21.9. The van der Waals surface area contributed by atoms with Crippen LogP contribution in [0.15, 0.2) is 42.5 Å². The predicted molar refractivity (Wildman–Crippen MR) is 171 cm³/mol. The number of hydrogen-bond acceptors (Lipinski definition) is 7. The molecule has 2 aromatic carbocycles. The fraction of sp³-hybridized carbons (Fsp3) is 0.611. The number of ketones is 1. The van der Waals surface area contributed by atoms with Crippen LogP contribution in [0.1, 0.15) is 122 Å². The normalized spacial score (nSPS) is 18.3. The summed E-state index contributed by atoms with van der Waals surface area (Å²) in [5.41, 5.74) is 1.30. The number of carbonyl (C=O) groups is 2. The average molecular weight is 596 g/mol. The lowest BCUT2D eigenvalue weighted by Gasteiger charge is -2.55. The van der Waals surface area contributed by atoms with Gasteiger partial charge in [0, 0.05) is 37.1 Å². The van der Waals surface area contributed by atoms with Gasteiger partial charge in [0.1, 0.15) is 24.6 Å². The maximum atomic E-state index is 13.0. The van der Waals surface area contributed by atoms with Crippen LogP contribution >= 0.6 is 0 Å². The number of benzene rings is 2. The first-order valence-electron chi connectivity index (χ1n) is 15.4. The molecular formula is C36H53NO6. The van der Waals surface area contributed by atoms with Crippen molar-refractivity contribution < 1.29 is 29.3 Å². The van der Waals surface area contributed by atoms with Crippen LogP contribution in [-0.4, -0.2) is 63.8 Å². The van der Waals surface area contributed by atoms with Crippen molar-refractivity contribution in [1.82, 2.24) is 4.90 Å². The fourth-order valence-electron chi connectivity index (χ4n) is 6.43. The molecule has 0 bridgehead atoms. The maximum absolute atomic E-state index is 13.0. The maximum Gasteiger partial charge on any atom is 0.338 e. The minimum atomic E-state index is -1.33. The minimum absolute atomic E-state index is 0.179. The lowest BCUT2D eigenvalue weighted by atomic mass is 9.77. The molecule has 1 heterocycles. The second-order valence-corrected chi connectivity index (χ2v) is 15.3. The summed E-state index contributed by atoms with van der Waals surface area (Å²) in [6.45, 7) is 21.6. The number of aliphatic hydroxyl groups is 1. The first-order chi connectivity index (χ1) is 19.7. The molecule has 1 unspecified atom stereocenters. The third-order valence-electron chi connectivity index (χ3n) is 8.48. The van der Waals surface area contributed by atoms with Crippen molar-refractivity contribution in [2.45, 2.75) is 123 Å². The molecule has 1 fully saturated rings. The molecular weight excluding hydrogens is 542 g/mol. The number of ether oxygens (including phenoxy) is 2. The molecule has 0 radical (unpaired) electrons. The summed E-state index contributed by atoms with van der Waals surface area (Å²) in [7, 11) is 0.